The monoisotopic (exact) mass is 254 g/mol. The molecule has 2 aromatic rings. The van der Waals surface area contributed by atoms with E-state index >= 15 is 0 Å². The van der Waals surface area contributed by atoms with Crippen LogP contribution < -0.4 is 5.32 Å². The van der Waals surface area contributed by atoms with Crippen molar-refractivity contribution in [3.63, 3.8) is 0 Å². The topological polar surface area (TPSA) is 62.2 Å². The first-order valence-corrected chi connectivity index (χ1v) is 6.46. The third kappa shape index (κ3) is 2.66. The zero-order valence-corrected chi connectivity index (χ0v) is 9.92. The van der Waals surface area contributed by atoms with Crippen molar-refractivity contribution in [2.45, 2.75) is 12.6 Å². The summed E-state index contributed by atoms with van der Waals surface area (Å²) in [5.41, 5.74) is 2.20. The van der Waals surface area contributed by atoms with Crippen LogP contribution in [0.1, 0.15) is 16.6 Å². The first kappa shape index (κ1) is 11.3. The SMILES string of the molecule is O=C(O)C(NCc1cccs1)c1cscn1. The Balaban J connectivity index is 2.02. The van der Waals surface area contributed by atoms with Gasteiger partial charge in [-0.3, -0.25) is 10.1 Å². The van der Waals surface area contributed by atoms with Crippen molar-refractivity contribution >= 4 is 28.6 Å². The maximum Gasteiger partial charge on any atom is 0.327 e. The fourth-order valence-corrected chi connectivity index (χ4v) is 2.53. The first-order valence-electron chi connectivity index (χ1n) is 4.64. The normalized spacial score (nSPS) is 12.5. The summed E-state index contributed by atoms with van der Waals surface area (Å²) in [6.45, 7) is 0.548. The highest BCUT2D eigenvalue weighted by molar-refractivity contribution is 7.09. The Morgan fingerprint density at radius 1 is 1.62 bits per heavy atom. The zero-order chi connectivity index (χ0) is 11.4. The predicted octanol–water partition coefficient (Wildman–Crippen LogP) is 2.12. The number of aliphatic carboxylic acids is 1. The van der Waals surface area contributed by atoms with E-state index in [1.165, 1.54) is 11.3 Å². The van der Waals surface area contributed by atoms with Gasteiger partial charge in [-0.1, -0.05) is 6.07 Å². The first-order chi connectivity index (χ1) is 7.77. The molecule has 0 amide bonds. The third-order valence-electron chi connectivity index (χ3n) is 2.05. The van der Waals surface area contributed by atoms with E-state index in [4.69, 9.17) is 5.11 Å². The second-order valence-electron chi connectivity index (χ2n) is 3.14. The van der Waals surface area contributed by atoms with Crippen LogP contribution in [-0.4, -0.2) is 16.1 Å². The Morgan fingerprint density at radius 3 is 3.06 bits per heavy atom. The van der Waals surface area contributed by atoms with Crippen LogP contribution in [0.15, 0.2) is 28.4 Å². The molecular formula is C10H10N2O2S2. The van der Waals surface area contributed by atoms with Gasteiger partial charge in [0.2, 0.25) is 0 Å². The van der Waals surface area contributed by atoms with E-state index in [0.717, 1.165) is 4.88 Å². The molecule has 0 aliphatic heterocycles. The highest BCUT2D eigenvalue weighted by Crippen LogP contribution is 2.15. The van der Waals surface area contributed by atoms with Gasteiger partial charge in [0.05, 0.1) is 11.2 Å². The van der Waals surface area contributed by atoms with Gasteiger partial charge in [0, 0.05) is 16.8 Å². The van der Waals surface area contributed by atoms with Crippen molar-refractivity contribution < 1.29 is 9.90 Å². The molecule has 0 saturated carbocycles. The summed E-state index contributed by atoms with van der Waals surface area (Å²) in [5, 5.41) is 15.8. The number of carboxylic acids is 1. The lowest BCUT2D eigenvalue weighted by Gasteiger charge is -2.10. The lowest BCUT2D eigenvalue weighted by atomic mass is 10.2. The fourth-order valence-electron chi connectivity index (χ4n) is 1.30. The summed E-state index contributed by atoms with van der Waals surface area (Å²) in [6.07, 6.45) is 0. The molecule has 0 bridgehead atoms. The molecule has 6 heteroatoms. The van der Waals surface area contributed by atoms with Gasteiger partial charge < -0.3 is 5.11 Å². The molecule has 0 aliphatic rings. The Hall–Kier alpha value is -1.24. The molecule has 0 radical (unpaired) electrons. The molecule has 2 aromatic heterocycles. The third-order valence-corrected chi connectivity index (χ3v) is 3.54. The zero-order valence-electron chi connectivity index (χ0n) is 8.29. The van der Waals surface area contributed by atoms with Crippen LogP contribution in [0, 0.1) is 0 Å². The van der Waals surface area contributed by atoms with E-state index in [0.29, 0.717) is 12.2 Å². The second-order valence-corrected chi connectivity index (χ2v) is 4.90. The molecule has 2 N–H and O–H groups in total. The Labute approximate surface area is 101 Å². The summed E-state index contributed by atoms with van der Waals surface area (Å²) in [5.74, 6) is -0.901. The van der Waals surface area contributed by atoms with Crippen LogP contribution in [-0.2, 0) is 11.3 Å². The number of thiophene rings is 1. The Morgan fingerprint density at radius 2 is 2.50 bits per heavy atom. The van der Waals surface area contributed by atoms with Crippen molar-refractivity contribution in [1.82, 2.24) is 10.3 Å². The predicted molar refractivity (Wildman–Crippen MR) is 63.6 cm³/mol. The van der Waals surface area contributed by atoms with E-state index < -0.39 is 12.0 Å². The van der Waals surface area contributed by atoms with Crippen LogP contribution >= 0.6 is 22.7 Å². The molecule has 0 spiro atoms. The van der Waals surface area contributed by atoms with Crippen LogP contribution in [0.2, 0.25) is 0 Å². The number of nitrogens with one attached hydrogen (secondary N) is 1. The summed E-state index contributed by atoms with van der Waals surface area (Å²) < 4.78 is 0. The molecule has 0 saturated heterocycles. The molecule has 2 heterocycles. The maximum absolute atomic E-state index is 11.1. The van der Waals surface area contributed by atoms with Crippen molar-refractivity contribution in [3.8, 4) is 0 Å². The van der Waals surface area contributed by atoms with Gasteiger partial charge in [-0.2, -0.15) is 0 Å². The van der Waals surface area contributed by atoms with Crippen molar-refractivity contribution in [2.24, 2.45) is 0 Å². The minimum Gasteiger partial charge on any atom is -0.480 e. The number of carboxylic acid groups (broad SMARTS) is 1. The van der Waals surface area contributed by atoms with E-state index in [1.807, 2.05) is 17.5 Å². The lowest BCUT2D eigenvalue weighted by molar-refractivity contribution is -0.139. The number of carbonyl (C=O) groups is 1. The summed E-state index contributed by atoms with van der Waals surface area (Å²) in [4.78, 5) is 16.2. The molecule has 1 unspecified atom stereocenters. The molecule has 4 nitrogen and oxygen atoms in total. The molecule has 84 valence electrons. The average Bonchev–Trinajstić information content (AvgIpc) is 2.88. The molecule has 16 heavy (non-hydrogen) atoms. The number of hydrogen-bond donors (Lipinski definition) is 2. The molecular weight excluding hydrogens is 244 g/mol. The largest absolute Gasteiger partial charge is 0.480 e. The minimum absolute atomic E-state index is 0.548. The van der Waals surface area contributed by atoms with Gasteiger partial charge in [-0.15, -0.1) is 22.7 Å². The highest BCUT2D eigenvalue weighted by atomic mass is 32.1. The number of hydrogen-bond acceptors (Lipinski definition) is 5. The van der Waals surface area contributed by atoms with Crippen molar-refractivity contribution in [2.75, 3.05) is 0 Å². The van der Waals surface area contributed by atoms with Crippen molar-refractivity contribution in [1.29, 1.82) is 0 Å². The summed E-state index contributed by atoms with van der Waals surface area (Å²) in [6, 6.07) is 3.19. The van der Waals surface area contributed by atoms with Gasteiger partial charge >= 0.3 is 5.97 Å². The smallest absolute Gasteiger partial charge is 0.327 e. The molecule has 2 rings (SSSR count). The van der Waals surface area contributed by atoms with Gasteiger partial charge in [-0.05, 0) is 11.4 Å². The quantitative estimate of drug-likeness (QED) is 0.858. The van der Waals surface area contributed by atoms with Crippen LogP contribution in [0.4, 0.5) is 0 Å². The molecule has 1 atom stereocenters. The standard InChI is InChI=1S/C10H10N2O2S2/c13-10(14)9(8-5-15-6-12-8)11-4-7-2-1-3-16-7/h1-3,5-6,9,11H,4H2,(H,13,14). The highest BCUT2D eigenvalue weighted by Gasteiger charge is 2.20. The fraction of sp³-hybridized carbons (Fsp3) is 0.200. The number of nitrogens with zero attached hydrogens (tertiary/aromatic N) is 1. The van der Waals surface area contributed by atoms with Gasteiger partial charge in [-0.25, -0.2) is 4.98 Å². The van der Waals surface area contributed by atoms with Crippen LogP contribution in [0.25, 0.3) is 0 Å². The summed E-state index contributed by atoms with van der Waals surface area (Å²) in [7, 11) is 0. The molecule has 0 fully saturated rings. The summed E-state index contributed by atoms with van der Waals surface area (Å²) >= 11 is 3.00. The lowest BCUT2D eigenvalue weighted by Crippen LogP contribution is -2.28. The van der Waals surface area contributed by atoms with Crippen molar-refractivity contribution in [3.05, 3.63) is 39.0 Å². The van der Waals surface area contributed by atoms with E-state index in [1.54, 1.807) is 22.2 Å². The average molecular weight is 254 g/mol. The van der Waals surface area contributed by atoms with E-state index in [2.05, 4.69) is 10.3 Å². The molecule has 0 aromatic carbocycles. The van der Waals surface area contributed by atoms with E-state index in [-0.39, 0.29) is 0 Å². The van der Waals surface area contributed by atoms with Crippen LogP contribution in [0.3, 0.4) is 0 Å². The van der Waals surface area contributed by atoms with Gasteiger partial charge in [0.15, 0.2) is 0 Å². The Bertz CT molecular complexity index is 439. The number of rotatable bonds is 5. The Kier molecular flexibility index (Phi) is 3.66. The van der Waals surface area contributed by atoms with Gasteiger partial charge in [0.1, 0.15) is 6.04 Å². The van der Waals surface area contributed by atoms with E-state index in [9.17, 15) is 4.79 Å². The number of thiazole rings is 1. The molecule has 0 aliphatic carbocycles. The van der Waals surface area contributed by atoms with Gasteiger partial charge in [0.25, 0.3) is 0 Å². The number of aromatic nitrogens is 1. The maximum atomic E-state index is 11.1. The minimum atomic E-state index is -0.901. The van der Waals surface area contributed by atoms with Crippen LogP contribution in [0.5, 0.6) is 0 Å². The second kappa shape index (κ2) is 5.20.